The van der Waals surface area contributed by atoms with Crippen molar-refractivity contribution in [3.05, 3.63) is 79.1 Å². The maximum atomic E-state index is 12.6. The molecule has 0 spiro atoms. The van der Waals surface area contributed by atoms with E-state index in [1.54, 1.807) is 0 Å². The van der Waals surface area contributed by atoms with Crippen LogP contribution in [0, 0.1) is 0 Å². The molecule has 3 aromatic heterocycles. The van der Waals surface area contributed by atoms with Gasteiger partial charge in [-0.25, -0.2) is 9.78 Å². The summed E-state index contributed by atoms with van der Waals surface area (Å²) in [7, 11) is 2.59. The van der Waals surface area contributed by atoms with Crippen molar-refractivity contribution in [3.8, 4) is 21.1 Å². The highest BCUT2D eigenvalue weighted by Crippen LogP contribution is 2.36. The van der Waals surface area contributed by atoms with Gasteiger partial charge in [0, 0.05) is 24.5 Å². The second-order valence-electron chi connectivity index (χ2n) is 7.36. The SMILES string of the molecule is Cn1c(N)c(C(=O)COC(=O)Cc2sc(-c3ccccc3)nc2-c2cccs2)c(=O)n(C)c1=O. The van der Waals surface area contributed by atoms with Gasteiger partial charge in [-0.3, -0.25) is 23.5 Å². The molecule has 2 N–H and O–H groups in total. The fourth-order valence-corrected chi connectivity index (χ4v) is 5.18. The van der Waals surface area contributed by atoms with E-state index in [1.807, 2.05) is 47.8 Å². The lowest BCUT2D eigenvalue weighted by Gasteiger charge is -2.11. The van der Waals surface area contributed by atoms with E-state index in [0.717, 1.165) is 24.6 Å². The summed E-state index contributed by atoms with van der Waals surface area (Å²) in [6.45, 7) is -0.671. The van der Waals surface area contributed by atoms with Crippen LogP contribution in [0.1, 0.15) is 15.2 Å². The van der Waals surface area contributed by atoms with Crippen molar-refractivity contribution in [1.82, 2.24) is 14.1 Å². The molecular formula is C23H20N4O5S2. The smallest absolute Gasteiger partial charge is 0.332 e. The van der Waals surface area contributed by atoms with E-state index in [4.69, 9.17) is 15.5 Å². The number of benzene rings is 1. The van der Waals surface area contributed by atoms with Gasteiger partial charge in [-0.2, -0.15) is 0 Å². The number of nitrogen functional groups attached to an aromatic ring is 1. The zero-order valence-corrected chi connectivity index (χ0v) is 19.9. The van der Waals surface area contributed by atoms with Crippen molar-refractivity contribution in [2.45, 2.75) is 6.42 Å². The molecule has 0 aliphatic heterocycles. The molecule has 0 aliphatic rings. The van der Waals surface area contributed by atoms with E-state index in [9.17, 15) is 19.2 Å². The second kappa shape index (κ2) is 9.57. The largest absolute Gasteiger partial charge is 0.457 e. The van der Waals surface area contributed by atoms with Crippen molar-refractivity contribution in [2.75, 3.05) is 12.3 Å². The first-order valence-corrected chi connectivity index (χ1v) is 11.8. The minimum atomic E-state index is -0.836. The Morgan fingerprint density at radius 2 is 1.79 bits per heavy atom. The summed E-state index contributed by atoms with van der Waals surface area (Å²) in [5.41, 5.74) is 5.54. The minimum absolute atomic E-state index is 0.0915. The summed E-state index contributed by atoms with van der Waals surface area (Å²) in [5, 5.41) is 2.69. The Morgan fingerprint density at radius 3 is 2.47 bits per heavy atom. The maximum Gasteiger partial charge on any atom is 0.332 e. The Morgan fingerprint density at radius 1 is 1.06 bits per heavy atom. The molecule has 0 fully saturated rings. The molecule has 0 saturated heterocycles. The summed E-state index contributed by atoms with van der Waals surface area (Å²) in [5.74, 6) is -1.70. The van der Waals surface area contributed by atoms with Crippen LogP contribution in [0.3, 0.4) is 0 Å². The molecule has 0 atom stereocenters. The molecule has 0 amide bonds. The number of esters is 1. The van der Waals surface area contributed by atoms with Crippen molar-refractivity contribution in [1.29, 1.82) is 0 Å². The lowest BCUT2D eigenvalue weighted by atomic mass is 10.2. The van der Waals surface area contributed by atoms with Crippen LogP contribution in [0.4, 0.5) is 5.82 Å². The molecular weight excluding hydrogens is 476 g/mol. The summed E-state index contributed by atoms with van der Waals surface area (Å²) < 4.78 is 6.94. The van der Waals surface area contributed by atoms with Crippen LogP contribution in [-0.2, 0) is 30.0 Å². The molecule has 3 heterocycles. The van der Waals surface area contributed by atoms with Gasteiger partial charge in [-0.05, 0) is 11.4 Å². The van der Waals surface area contributed by atoms with E-state index < -0.39 is 29.6 Å². The number of carbonyl (C=O) groups excluding carboxylic acids is 2. The molecule has 0 bridgehead atoms. The third-order valence-electron chi connectivity index (χ3n) is 5.13. The van der Waals surface area contributed by atoms with E-state index in [1.165, 1.54) is 36.8 Å². The number of hydrogen-bond acceptors (Lipinski definition) is 9. The average Bonchev–Trinajstić information content (AvgIpc) is 3.51. The number of thiophene rings is 1. The number of nitrogens with two attached hydrogens (primary N) is 1. The zero-order valence-electron chi connectivity index (χ0n) is 18.3. The first kappa shape index (κ1) is 23.3. The molecule has 4 rings (SSSR count). The maximum absolute atomic E-state index is 12.6. The number of ether oxygens (including phenoxy) is 1. The average molecular weight is 497 g/mol. The number of anilines is 1. The normalized spacial score (nSPS) is 10.9. The van der Waals surface area contributed by atoms with Crippen LogP contribution in [0.15, 0.2) is 57.4 Å². The molecule has 0 radical (unpaired) electrons. The summed E-state index contributed by atoms with van der Waals surface area (Å²) >= 11 is 2.89. The Balaban J connectivity index is 1.54. The van der Waals surface area contributed by atoms with Gasteiger partial charge in [-0.15, -0.1) is 22.7 Å². The number of aromatic nitrogens is 3. The van der Waals surface area contributed by atoms with Crippen molar-refractivity contribution < 1.29 is 14.3 Å². The Labute approximate surface area is 201 Å². The fraction of sp³-hybridized carbons (Fsp3) is 0.174. The second-order valence-corrected chi connectivity index (χ2v) is 9.39. The first-order chi connectivity index (χ1) is 16.3. The summed E-state index contributed by atoms with van der Waals surface area (Å²) in [6.07, 6.45) is -0.0915. The minimum Gasteiger partial charge on any atom is -0.457 e. The number of hydrogen-bond donors (Lipinski definition) is 1. The van der Waals surface area contributed by atoms with Crippen LogP contribution < -0.4 is 17.0 Å². The Hall–Kier alpha value is -3.83. The molecule has 34 heavy (non-hydrogen) atoms. The molecule has 174 valence electrons. The van der Waals surface area contributed by atoms with Gasteiger partial charge in [0.05, 0.1) is 17.0 Å². The zero-order chi connectivity index (χ0) is 24.4. The summed E-state index contributed by atoms with van der Waals surface area (Å²) in [4.78, 5) is 55.9. The first-order valence-electron chi connectivity index (χ1n) is 10.1. The van der Waals surface area contributed by atoms with Crippen molar-refractivity contribution in [3.63, 3.8) is 0 Å². The highest BCUT2D eigenvalue weighted by Gasteiger charge is 2.23. The number of rotatable bonds is 7. The predicted molar refractivity (Wildman–Crippen MR) is 131 cm³/mol. The van der Waals surface area contributed by atoms with Gasteiger partial charge >= 0.3 is 11.7 Å². The van der Waals surface area contributed by atoms with Gasteiger partial charge in [-0.1, -0.05) is 36.4 Å². The molecule has 0 saturated carbocycles. The molecule has 1 aromatic carbocycles. The number of nitrogens with zero attached hydrogens (tertiary/aromatic N) is 3. The topological polar surface area (TPSA) is 126 Å². The quantitative estimate of drug-likeness (QED) is 0.308. The van der Waals surface area contributed by atoms with Crippen LogP contribution in [-0.4, -0.2) is 32.5 Å². The van der Waals surface area contributed by atoms with E-state index in [2.05, 4.69) is 0 Å². The molecule has 0 unspecified atom stereocenters. The van der Waals surface area contributed by atoms with E-state index in [0.29, 0.717) is 10.6 Å². The van der Waals surface area contributed by atoms with Gasteiger partial charge in [0.25, 0.3) is 5.56 Å². The Kier molecular flexibility index (Phi) is 6.57. The number of ketones is 1. The van der Waals surface area contributed by atoms with Crippen molar-refractivity contribution >= 4 is 40.2 Å². The van der Waals surface area contributed by atoms with Crippen LogP contribution in [0.2, 0.25) is 0 Å². The third kappa shape index (κ3) is 4.47. The van der Waals surface area contributed by atoms with Gasteiger partial charge in [0.15, 0.2) is 6.61 Å². The monoisotopic (exact) mass is 496 g/mol. The standard InChI is InChI=1S/C23H20N4O5S2/c1-26-20(24)18(22(30)27(2)23(26)31)14(28)12-32-17(29)11-16-19(15-9-6-10-33-15)25-21(34-16)13-7-4-3-5-8-13/h3-10H,11-12,24H2,1-2H3. The number of Topliss-reactive ketones (excluding diaryl/α,β-unsaturated/α-hetero) is 1. The van der Waals surface area contributed by atoms with Gasteiger partial charge in [0.2, 0.25) is 5.78 Å². The van der Waals surface area contributed by atoms with Gasteiger partial charge in [0.1, 0.15) is 16.4 Å². The van der Waals surface area contributed by atoms with Crippen LogP contribution in [0.5, 0.6) is 0 Å². The molecule has 4 aromatic rings. The predicted octanol–water partition coefficient (Wildman–Crippen LogP) is 2.49. The molecule has 9 nitrogen and oxygen atoms in total. The third-order valence-corrected chi connectivity index (χ3v) is 7.11. The van der Waals surface area contributed by atoms with Crippen molar-refractivity contribution in [2.24, 2.45) is 14.1 Å². The molecule has 11 heteroatoms. The Bertz CT molecular complexity index is 1480. The van der Waals surface area contributed by atoms with E-state index in [-0.39, 0.29) is 17.8 Å². The highest BCUT2D eigenvalue weighted by atomic mass is 32.1. The highest BCUT2D eigenvalue weighted by molar-refractivity contribution is 7.17. The lowest BCUT2D eigenvalue weighted by molar-refractivity contribution is -0.141. The number of carbonyl (C=O) groups is 2. The van der Waals surface area contributed by atoms with Crippen LogP contribution >= 0.6 is 22.7 Å². The molecule has 0 aliphatic carbocycles. The van der Waals surface area contributed by atoms with Crippen LogP contribution in [0.25, 0.3) is 21.1 Å². The van der Waals surface area contributed by atoms with Gasteiger partial charge < -0.3 is 10.5 Å². The number of thiazole rings is 1. The lowest BCUT2D eigenvalue weighted by Crippen LogP contribution is -2.42. The summed E-state index contributed by atoms with van der Waals surface area (Å²) in [6, 6.07) is 13.4. The fourth-order valence-electron chi connectivity index (χ4n) is 3.30. The van der Waals surface area contributed by atoms with E-state index >= 15 is 0 Å².